The number of Topliss-reactive ketones (excluding diaryl/α,β-unsaturated/α-hetero) is 1. The topological polar surface area (TPSA) is 124 Å². The summed E-state index contributed by atoms with van der Waals surface area (Å²) < 4.78 is 11.6. The Bertz CT molecular complexity index is 1230. The van der Waals surface area contributed by atoms with E-state index in [4.69, 9.17) is 9.47 Å². The summed E-state index contributed by atoms with van der Waals surface area (Å²) in [5.74, 6) is -3.95. The summed E-state index contributed by atoms with van der Waals surface area (Å²) in [5.41, 5.74) is -0.979. The molecule has 4 fully saturated rings. The molecule has 2 unspecified atom stereocenters. The van der Waals surface area contributed by atoms with Crippen molar-refractivity contribution in [3.05, 3.63) is 24.3 Å². The Labute approximate surface area is 235 Å². The molecule has 0 bridgehead atoms. The zero-order valence-corrected chi connectivity index (χ0v) is 24.5. The lowest BCUT2D eigenvalue weighted by molar-refractivity contribution is -0.173. The second-order valence-corrected chi connectivity index (χ2v) is 13.8. The van der Waals surface area contributed by atoms with Crippen LogP contribution in [0.25, 0.3) is 0 Å². The number of fused-ring (bicyclic) bond motifs is 2. The molecule has 5 aliphatic rings. The number of carbonyl (C=O) groups excluding carboxylic acids is 4. The molecule has 5 aliphatic carbocycles. The summed E-state index contributed by atoms with van der Waals surface area (Å²) in [6.07, 6.45) is 7.07. The second-order valence-electron chi connectivity index (χ2n) is 13.8. The van der Waals surface area contributed by atoms with Crippen LogP contribution in [0.15, 0.2) is 24.3 Å². The van der Waals surface area contributed by atoms with Crippen LogP contribution in [0.4, 0.5) is 0 Å². The predicted octanol–water partition coefficient (Wildman–Crippen LogP) is 4.70. The zero-order valence-electron chi connectivity index (χ0n) is 24.5. The molecule has 0 amide bonds. The van der Waals surface area contributed by atoms with E-state index in [-0.39, 0.29) is 39.4 Å². The Balaban J connectivity index is 1.58. The summed E-state index contributed by atoms with van der Waals surface area (Å²) in [4.78, 5) is 62.8. The standard InChI is InChI=1S/C32H42O8/c1-16(17(2)28(37)38)26(36)27(40-20(5)34)25-23(39-19(4)33)14-30(7)24-9-8-21-18(3)22(35)10-11-31(21)15-32(24,31)13-12-29(25,30)6/h10-11,17-18,21,23-25,27H,1,8-9,12-15H2,2-7H3,(H,37,38)/t17?,18-,21-,23-,24-,25?,27+,29+,30-,31+,32-/m0/s1. The Morgan fingerprint density at radius 3 is 2.35 bits per heavy atom. The molecule has 0 aromatic heterocycles. The number of carboxylic acids is 1. The van der Waals surface area contributed by atoms with Crippen LogP contribution in [-0.2, 0) is 33.4 Å². The van der Waals surface area contributed by atoms with E-state index in [0.717, 1.165) is 32.1 Å². The van der Waals surface area contributed by atoms with Crippen LogP contribution in [-0.4, -0.2) is 46.8 Å². The molecule has 8 heteroatoms. The number of rotatable bonds is 7. The molecule has 1 N–H and O–H groups in total. The Kier molecular flexibility index (Phi) is 6.55. The SMILES string of the molecule is C=C(C(=O)[C@H](OC(C)=O)C1[C@@H](OC(C)=O)C[C@@]2(C)[C@@H]3CC[C@H]4[C@H](C)C(=O)C=C[C@@]45C[C@@]35CC[C@]12C)C(C)C(=O)O. The average molecular weight is 555 g/mol. The van der Waals surface area contributed by atoms with Gasteiger partial charge in [0.15, 0.2) is 17.7 Å². The van der Waals surface area contributed by atoms with Crippen LogP contribution < -0.4 is 0 Å². The third kappa shape index (κ3) is 3.66. The molecule has 218 valence electrons. The van der Waals surface area contributed by atoms with Crippen LogP contribution in [0.1, 0.15) is 80.1 Å². The second kappa shape index (κ2) is 9.12. The van der Waals surface area contributed by atoms with Gasteiger partial charge in [-0.05, 0) is 85.0 Å². The van der Waals surface area contributed by atoms with Gasteiger partial charge < -0.3 is 14.6 Å². The molecule has 0 saturated heterocycles. The van der Waals surface area contributed by atoms with E-state index in [1.807, 2.05) is 0 Å². The summed E-state index contributed by atoms with van der Waals surface area (Å²) in [5, 5.41) is 9.56. The number of aliphatic carboxylic acids is 1. The van der Waals surface area contributed by atoms with Gasteiger partial charge in [0.25, 0.3) is 0 Å². The fourth-order valence-electron chi connectivity index (χ4n) is 10.3. The smallest absolute Gasteiger partial charge is 0.310 e. The van der Waals surface area contributed by atoms with Crippen LogP contribution >= 0.6 is 0 Å². The number of allylic oxidation sites excluding steroid dienone is 2. The maximum Gasteiger partial charge on any atom is 0.310 e. The molecule has 0 aromatic rings. The first-order valence-corrected chi connectivity index (χ1v) is 14.6. The van der Waals surface area contributed by atoms with Crippen molar-refractivity contribution in [2.75, 3.05) is 0 Å². The minimum Gasteiger partial charge on any atom is -0.481 e. The predicted molar refractivity (Wildman–Crippen MR) is 145 cm³/mol. The highest BCUT2D eigenvalue weighted by Crippen LogP contribution is 2.87. The van der Waals surface area contributed by atoms with Crippen molar-refractivity contribution in [2.45, 2.75) is 92.3 Å². The molecule has 5 rings (SSSR count). The van der Waals surface area contributed by atoms with Gasteiger partial charge in [-0.1, -0.05) is 33.4 Å². The summed E-state index contributed by atoms with van der Waals surface area (Å²) in [6, 6.07) is 0. The zero-order chi connectivity index (χ0) is 29.6. The van der Waals surface area contributed by atoms with E-state index in [1.165, 1.54) is 20.8 Å². The number of esters is 2. The molecule has 0 radical (unpaired) electrons. The molecule has 0 aliphatic heterocycles. The summed E-state index contributed by atoms with van der Waals surface area (Å²) in [6.45, 7) is 14.2. The Morgan fingerprint density at radius 1 is 1.07 bits per heavy atom. The molecular weight excluding hydrogens is 512 g/mol. The van der Waals surface area contributed by atoms with E-state index in [9.17, 15) is 29.1 Å². The van der Waals surface area contributed by atoms with Crippen LogP contribution in [0.2, 0.25) is 0 Å². The van der Waals surface area contributed by atoms with E-state index >= 15 is 0 Å². The van der Waals surface area contributed by atoms with Gasteiger partial charge >= 0.3 is 17.9 Å². The van der Waals surface area contributed by atoms with Crippen molar-refractivity contribution in [2.24, 2.45) is 51.2 Å². The number of hydrogen-bond acceptors (Lipinski definition) is 7. The van der Waals surface area contributed by atoms with Crippen molar-refractivity contribution in [3.63, 3.8) is 0 Å². The van der Waals surface area contributed by atoms with E-state index in [0.29, 0.717) is 12.3 Å². The first kappa shape index (κ1) is 28.7. The van der Waals surface area contributed by atoms with Crippen molar-refractivity contribution in [1.82, 2.24) is 0 Å². The van der Waals surface area contributed by atoms with Crippen molar-refractivity contribution < 1.29 is 38.6 Å². The third-order valence-electron chi connectivity index (χ3n) is 12.4. The lowest BCUT2D eigenvalue weighted by atomic mass is 9.43. The summed E-state index contributed by atoms with van der Waals surface area (Å²) in [7, 11) is 0. The number of ether oxygens (including phenoxy) is 2. The summed E-state index contributed by atoms with van der Waals surface area (Å²) >= 11 is 0. The monoisotopic (exact) mass is 554 g/mol. The maximum atomic E-state index is 13.9. The highest BCUT2D eigenvalue weighted by atomic mass is 16.6. The largest absolute Gasteiger partial charge is 0.481 e. The van der Waals surface area contributed by atoms with Crippen LogP contribution in [0.5, 0.6) is 0 Å². The molecule has 40 heavy (non-hydrogen) atoms. The van der Waals surface area contributed by atoms with Gasteiger partial charge in [0.05, 0.1) is 5.92 Å². The van der Waals surface area contributed by atoms with Gasteiger partial charge in [0.2, 0.25) is 0 Å². The van der Waals surface area contributed by atoms with Crippen molar-refractivity contribution in [3.8, 4) is 0 Å². The fraction of sp³-hybridized carbons (Fsp3) is 0.719. The maximum absolute atomic E-state index is 13.9. The number of carboxylic acid groups (broad SMARTS) is 1. The quantitative estimate of drug-likeness (QED) is 0.355. The molecule has 4 saturated carbocycles. The van der Waals surface area contributed by atoms with E-state index in [1.54, 1.807) is 6.08 Å². The minimum absolute atomic E-state index is 0.00108. The molecule has 0 aromatic carbocycles. The van der Waals surface area contributed by atoms with Gasteiger partial charge in [-0.15, -0.1) is 0 Å². The van der Waals surface area contributed by atoms with Gasteiger partial charge in [-0.2, -0.15) is 0 Å². The molecular formula is C32H42O8. The Hall–Kier alpha value is -2.77. The number of carbonyl (C=O) groups is 5. The lowest BCUT2D eigenvalue weighted by Crippen LogP contribution is -2.57. The number of hydrogen-bond donors (Lipinski definition) is 1. The molecule has 2 spiro atoms. The molecule has 11 atom stereocenters. The lowest BCUT2D eigenvalue weighted by Gasteiger charge is -2.60. The fourth-order valence-corrected chi connectivity index (χ4v) is 10.3. The first-order valence-electron chi connectivity index (χ1n) is 14.6. The van der Waals surface area contributed by atoms with Crippen LogP contribution in [0.3, 0.4) is 0 Å². The highest BCUT2D eigenvalue weighted by Gasteiger charge is 2.82. The van der Waals surface area contributed by atoms with E-state index < -0.39 is 53.1 Å². The molecule has 0 heterocycles. The normalized spacial score (nSPS) is 44.1. The molecule has 8 nitrogen and oxygen atoms in total. The van der Waals surface area contributed by atoms with Crippen molar-refractivity contribution in [1.29, 1.82) is 0 Å². The van der Waals surface area contributed by atoms with Gasteiger partial charge in [0, 0.05) is 31.3 Å². The van der Waals surface area contributed by atoms with E-state index in [2.05, 4.69) is 33.4 Å². The third-order valence-corrected chi connectivity index (χ3v) is 12.4. The average Bonchev–Trinajstić information content (AvgIpc) is 3.48. The van der Waals surface area contributed by atoms with Crippen LogP contribution in [0, 0.1) is 51.2 Å². The van der Waals surface area contributed by atoms with Crippen molar-refractivity contribution >= 4 is 29.5 Å². The highest BCUT2D eigenvalue weighted by molar-refractivity contribution is 6.03. The number of ketones is 2. The first-order chi connectivity index (χ1) is 18.6. The van der Waals surface area contributed by atoms with Gasteiger partial charge in [-0.3, -0.25) is 24.0 Å². The minimum atomic E-state index is -1.31. The van der Waals surface area contributed by atoms with Gasteiger partial charge in [-0.25, -0.2) is 0 Å². The Morgan fingerprint density at radius 2 is 1.75 bits per heavy atom. The van der Waals surface area contributed by atoms with Gasteiger partial charge in [0.1, 0.15) is 6.10 Å².